The zero-order valence-electron chi connectivity index (χ0n) is 12.6. The van der Waals surface area contributed by atoms with E-state index in [0.29, 0.717) is 13.2 Å². The molecule has 0 aromatic heterocycles. The van der Waals surface area contributed by atoms with Gasteiger partial charge in [0.05, 0.1) is 13.2 Å². The molecule has 1 aromatic carbocycles. The Hall–Kier alpha value is -0.980. The quantitative estimate of drug-likeness (QED) is 0.427. The van der Waals surface area contributed by atoms with Crippen molar-refractivity contribution >= 4 is 29.9 Å². The maximum absolute atomic E-state index is 5.60. The van der Waals surface area contributed by atoms with E-state index >= 15 is 0 Å². The zero-order valence-corrected chi connectivity index (χ0v) is 14.9. The van der Waals surface area contributed by atoms with Gasteiger partial charge in [0.15, 0.2) is 5.96 Å². The summed E-state index contributed by atoms with van der Waals surface area (Å²) in [6.45, 7) is 9.29. The van der Waals surface area contributed by atoms with Crippen LogP contribution in [-0.4, -0.2) is 25.7 Å². The lowest BCUT2D eigenvalue weighted by atomic mass is 10.2. The third kappa shape index (κ3) is 6.98. The molecular formula is C15H26IN3O. The first-order valence-electron chi connectivity index (χ1n) is 7.04. The van der Waals surface area contributed by atoms with E-state index in [0.717, 1.165) is 36.8 Å². The Morgan fingerprint density at radius 1 is 1.15 bits per heavy atom. The lowest BCUT2D eigenvalue weighted by Crippen LogP contribution is -2.37. The number of benzene rings is 1. The molecule has 0 saturated carbocycles. The van der Waals surface area contributed by atoms with Crippen LogP contribution in [0.2, 0.25) is 0 Å². The van der Waals surface area contributed by atoms with Gasteiger partial charge in [0.25, 0.3) is 0 Å². The predicted molar refractivity (Wildman–Crippen MR) is 96.1 cm³/mol. The molecule has 0 heterocycles. The molecule has 114 valence electrons. The Kier molecular flexibility index (Phi) is 11.2. The van der Waals surface area contributed by atoms with Gasteiger partial charge >= 0.3 is 0 Å². The van der Waals surface area contributed by atoms with E-state index < -0.39 is 0 Å². The predicted octanol–water partition coefficient (Wildman–Crippen LogP) is 3.17. The largest absolute Gasteiger partial charge is 0.494 e. The van der Waals surface area contributed by atoms with Gasteiger partial charge < -0.3 is 15.4 Å². The number of guanidine groups is 1. The highest BCUT2D eigenvalue weighted by Crippen LogP contribution is 2.18. The third-order valence-corrected chi connectivity index (χ3v) is 2.57. The Bertz CT molecular complexity index is 396. The molecule has 0 aliphatic rings. The zero-order chi connectivity index (χ0) is 13.9. The van der Waals surface area contributed by atoms with E-state index in [9.17, 15) is 0 Å². The highest BCUT2D eigenvalue weighted by Gasteiger charge is 2.02. The fourth-order valence-electron chi connectivity index (χ4n) is 1.68. The van der Waals surface area contributed by atoms with Gasteiger partial charge in [0.1, 0.15) is 5.75 Å². The molecule has 0 spiro atoms. The molecular weight excluding hydrogens is 365 g/mol. The molecule has 0 radical (unpaired) electrons. The maximum Gasteiger partial charge on any atom is 0.191 e. The minimum Gasteiger partial charge on any atom is -0.494 e. The van der Waals surface area contributed by atoms with Gasteiger partial charge in [0.2, 0.25) is 0 Å². The van der Waals surface area contributed by atoms with Crippen LogP contribution in [0, 0.1) is 0 Å². The molecule has 0 bridgehead atoms. The Balaban J connectivity index is 0.00000361. The number of rotatable bonds is 7. The molecule has 0 aliphatic carbocycles. The number of nitrogens with zero attached hydrogens (tertiary/aromatic N) is 1. The second kappa shape index (κ2) is 11.8. The third-order valence-electron chi connectivity index (χ3n) is 2.57. The molecule has 0 unspecified atom stereocenters. The van der Waals surface area contributed by atoms with Gasteiger partial charge in [-0.15, -0.1) is 24.0 Å². The molecule has 0 amide bonds. The molecule has 0 aliphatic heterocycles. The van der Waals surface area contributed by atoms with Crippen LogP contribution >= 0.6 is 24.0 Å². The summed E-state index contributed by atoms with van der Waals surface area (Å²) in [6.07, 6.45) is 1.08. The molecule has 0 saturated heterocycles. The molecule has 20 heavy (non-hydrogen) atoms. The first kappa shape index (κ1) is 19.0. The summed E-state index contributed by atoms with van der Waals surface area (Å²) in [6, 6.07) is 8.04. The van der Waals surface area contributed by atoms with Crippen LogP contribution in [0.3, 0.4) is 0 Å². The lowest BCUT2D eigenvalue weighted by molar-refractivity contribution is 0.336. The molecule has 1 aromatic rings. The number of hydrogen-bond acceptors (Lipinski definition) is 2. The number of para-hydroxylation sites is 1. The summed E-state index contributed by atoms with van der Waals surface area (Å²) >= 11 is 0. The van der Waals surface area contributed by atoms with Crippen molar-refractivity contribution in [1.29, 1.82) is 0 Å². The lowest BCUT2D eigenvalue weighted by Gasteiger charge is -2.11. The Labute approximate surface area is 139 Å². The van der Waals surface area contributed by atoms with Crippen LogP contribution in [0.15, 0.2) is 29.3 Å². The summed E-state index contributed by atoms with van der Waals surface area (Å²) in [5.41, 5.74) is 1.11. The highest BCUT2D eigenvalue weighted by molar-refractivity contribution is 14.0. The van der Waals surface area contributed by atoms with E-state index in [-0.39, 0.29) is 24.0 Å². The molecule has 4 nitrogen and oxygen atoms in total. The summed E-state index contributed by atoms with van der Waals surface area (Å²) in [7, 11) is 0. The summed E-state index contributed by atoms with van der Waals surface area (Å²) in [5.74, 6) is 1.77. The van der Waals surface area contributed by atoms with Crippen molar-refractivity contribution in [2.24, 2.45) is 4.99 Å². The van der Waals surface area contributed by atoms with Crippen molar-refractivity contribution in [2.75, 3.05) is 19.7 Å². The molecule has 1 rings (SSSR count). The highest BCUT2D eigenvalue weighted by atomic mass is 127. The SMILES string of the molecule is CCCNC(=NCc1ccccc1OCC)NCC.I. The molecule has 2 N–H and O–H groups in total. The van der Waals surface area contributed by atoms with E-state index in [4.69, 9.17) is 4.74 Å². The van der Waals surface area contributed by atoms with E-state index in [2.05, 4.69) is 35.5 Å². The van der Waals surface area contributed by atoms with Gasteiger partial charge in [-0.05, 0) is 26.3 Å². The number of hydrogen-bond donors (Lipinski definition) is 2. The minimum atomic E-state index is 0. The number of halogens is 1. The van der Waals surface area contributed by atoms with Gasteiger partial charge in [-0.2, -0.15) is 0 Å². The topological polar surface area (TPSA) is 45.7 Å². The summed E-state index contributed by atoms with van der Waals surface area (Å²) in [4.78, 5) is 4.58. The van der Waals surface area contributed by atoms with Crippen molar-refractivity contribution in [2.45, 2.75) is 33.7 Å². The van der Waals surface area contributed by atoms with Gasteiger partial charge in [-0.3, -0.25) is 0 Å². The first-order chi connectivity index (χ1) is 9.31. The second-order valence-electron chi connectivity index (χ2n) is 4.16. The van der Waals surface area contributed by atoms with Crippen LogP contribution in [0.1, 0.15) is 32.8 Å². The van der Waals surface area contributed by atoms with Crippen LogP contribution < -0.4 is 15.4 Å². The standard InChI is InChI=1S/C15H25N3O.HI/c1-4-11-17-15(16-5-2)18-12-13-9-7-8-10-14(13)19-6-3;/h7-10H,4-6,11-12H2,1-3H3,(H2,16,17,18);1H. The van der Waals surface area contributed by atoms with Crippen molar-refractivity contribution in [3.8, 4) is 5.75 Å². The van der Waals surface area contributed by atoms with Crippen molar-refractivity contribution in [1.82, 2.24) is 10.6 Å². The van der Waals surface area contributed by atoms with Crippen LogP contribution in [0.5, 0.6) is 5.75 Å². The first-order valence-corrected chi connectivity index (χ1v) is 7.04. The minimum absolute atomic E-state index is 0. The number of nitrogens with one attached hydrogen (secondary N) is 2. The van der Waals surface area contributed by atoms with Crippen LogP contribution in [-0.2, 0) is 6.54 Å². The van der Waals surface area contributed by atoms with E-state index in [1.807, 2.05) is 25.1 Å². The van der Waals surface area contributed by atoms with E-state index in [1.54, 1.807) is 0 Å². The molecule has 0 fully saturated rings. The smallest absolute Gasteiger partial charge is 0.191 e. The fraction of sp³-hybridized carbons (Fsp3) is 0.533. The van der Waals surface area contributed by atoms with Gasteiger partial charge in [-0.1, -0.05) is 25.1 Å². The fourth-order valence-corrected chi connectivity index (χ4v) is 1.68. The summed E-state index contributed by atoms with van der Waals surface area (Å²) in [5, 5.41) is 6.53. The van der Waals surface area contributed by atoms with E-state index in [1.165, 1.54) is 0 Å². The average molecular weight is 391 g/mol. The monoisotopic (exact) mass is 391 g/mol. The number of aliphatic imine (C=N–C) groups is 1. The molecule has 0 atom stereocenters. The van der Waals surface area contributed by atoms with Crippen LogP contribution in [0.25, 0.3) is 0 Å². The van der Waals surface area contributed by atoms with Crippen molar-refractivity contribution in [3.63, 3.8) is 0 Å². The van der Waals surface area contributed by atoms with Gasteiger partial charge in [-0.25, -0.2) is 4.99 Å². The number of ether oxygens (including phenoxy) is 1. The van der Waals surface area contributed by atoms with Crippen molar-refractivity contribution in [3.05, 3.63) is 29.8 Å². The van der Waals surface area contributed by atoms with Crippen molar-refractivity contribution < 1.29 is 4.74 Å². The molecule has 5 heteroatoms. The normalized spacial score (nSPS) is 10.7. The Morgan fingerprint density at radius 2 is 1.90 bits per heavy atom. The Morgan fingerprint density at radius 3 is 2.55 bits per heavy atom. The summed E-state index contributed by atoms with van der Waals surface area (Å²) < 4.78 is 5.60. The van der Waals surface area contributed by atoms with Gasteiger partial charge in [0, 0.05) is 18.7 Å². The second-order valence-corrected chi connectivity index (χ2v) is 4.16. The van der Waals surface area contributed by atoms with Crippen LogP contribution in [0.4, 0.5) is 0 Å². The average Bonchev–Trinajstić information content (AvgIpc) is 2.43. The maximum atomic E-state index is 5.60.